The highest BCUT2D eigenvalue weighted by atomic mass is 16.6. The van der Waals surface area contributed by atoms with Crippen LogP contribution in [-0.4, -0.2) is 75.7 Å². The van der Waals surface area contributed by atoms with Gasteiger partial charge in [-0.15, -0.1) is 0 Å². The molecule has 1 saturated carbocycles. The van der Waals surface area contributed by atoms with E-state index in [-0.39, 0.29) is 55.6 Å². The number of carbonyl (C=O) groups is 3. The van der Waals surface area contributed by atoms with Gasteiger partial charge in [0.2, 0.25) is 0 Å². The molecule has 2 aliphatic heterocycles. The van der Waals surface area contributed by atoms with Crippen molar-refractivity contribution in [3.05, 3.63) is 64.2 Å². The summed E-state index contributed by atoms with van der Waals surface area (Å²) in [5.41, 5.74) is 0.604. The largest absolute Gasteiger partial charge is 0.508 e. The zero-order chi connectivity index (χ0) is 36.9. The molecule has 5 unspecified atom stereocenters. The molecule has 2 aromatic rings. The third kappa shape index (κ3) is 9.18. The summed E-state index contributed by atoms with van der Waals surface area (Å²) in [5.74, 6) is 4.06. The number of fused-ring (bicyclic) bond motifs is 1. The minimum absolute atomic E-state index is 0.0277. The van der Waals surface area contributed by atoms with Gasteiger partial charge in [0.05, 0.1) is 24.5 Å². The molecule has 2 heterocycles. The molecular formula is C40H49NO10. The Morgan fingerprint density at radius 3 is 2.41 bits per heavy atom. The van der Waals surface area contributed by atoms with Gasteiger partial charge in [0, 0.05) is 74.8 Å². The molecule has 3 aliphatic rings. The zero-order valence-corrected chi connectivity index (χ0v) is 29.8. The van der Waals surface area contributed by atoms with Gasteiger partial charge < -0.3 is 40.0 Å². The number of ketones is 1. The van der Waals surface area contributed by atoms with Crippen LogP contribution in [0, 0.1) is 17.8 Å². The molecule has 11 nitrogen and oxygen atoms in total. The van der Waals surface area contributed by atoms with Gasteiger partial charge in [-0.1, -0.05) is 24.0 Å². The first-order chi connectivity index (χ1) is 24.2. The van der Waals surface area contributed by atoms with Crippen LogP contribution < -0.4 is 10.1 Å². The molecule has 1 aliphatic carbocycles. The standard InChI is InChI=1S/C40H49NO10/c1-5-25-16-26(28-14-24(22-42)15-31(17-28)41-23-39(2,47)12-13-49-4)6-7-27-20-37(45)50-35-21-34(44)29(18-33(27)35)19-36(51-38(25)46)40(3,48)30-8-10-32(43)11-9-30/h5,14-15,17-18,21,26-27,30,36,41-42,44,47-48H,8-13,16,19-20,22-23H2,1-4H3. The van der Waals surface area contributed by atoms with Crippen LogP contribution in [0.2, 0.25) is 0 Å². The Bertz CT molecular complexity index is 1720. The Morgan fingerprint density at radius 2 is 1.73 bits per heavy atom. The Hall–Kier alpha value is -4.21. The van der Waals surface area contributed by atoms with Crippen molar-refractivity contribution in [1.29, 1.82) is 0 Å². The number of carbonyl (C=O) groups excluding carboxylic acids is 3. The number of Topliss-reactive ketones (excluding diaryl/α,β-unsaturated/α-hetero) is 1. The molecule has 11 heteroatoms. The molecule has 0 amide bonds. The van der Waals surface area contributed by atoms with Crippen LogP contribution in [-0.2, 0) is 36.9 Å². The van der Waals surface area contributed by atoms with E-state index in [0.717, 1.165) is 0 Å². The van der Waals surface area contributed by atoms with E-state index < -0.39 is 41.1 Å². The van der Waals surface area contributed by atoms with Gasteiger partial charge in [0.25, 0.3) is 0 Å². The number of rotatable bonds is 10. The van der Waals surface area contributed by atoms with Crippen molar-refractivity contribution in [2.45, 2.75) is 108 Å². The quantitative estimate of drug-likeness (QED) is 0.102. The number of nitrogens with one attached hydrogen (secondary N) is 1. The van der Waals surface area contributed by atoms with Crippen molar-refractivity contribution in [2.75, 3.05) is 25.6 Å². The second-order valence-corrected chi connectivity index (χ2v) is 14.5. The number of hydrogen-bond acceptors (Lipinski definition) is 11. The lowest BCUT2D eigenvalue weighted by Crippen LogP contribution is -2.50. The van der Waals surface area contributed by atoms with Crippen LogP contribution in [0.1, 0.15) is 99.8 Å². The molecule has 274 valence electrons. The fourth-order valence-corrected chi connectivity index (χ4v) is 7.09. The molecule has 1 fully saturated rings. The van der Waals surface area contributed by atoms with Gasteiger partial charge in [0.1, 0.15) is 29.0 Å². The van der Waals surface area contributed by atoms with Crippen LogP contribution in [0.3, 0.4) is 0 Å². The predicted molar refractivity (Wildman–Crippen MR) is 189 cm³/mol. The van der Waals surface area contributed by atoms with Crippen molar-refractivity contribution in [1.82, 2.24) is 0 Å². The molecule has 0 saturated heterocycles. The number of methoxy groups -OCH3 is 1. The van der Waals surface area contributed by atoms with Crippen LogP contribution in [0.25, 0.3) is 0 Å². The Morgan fingerprint density at radius 1 is 1.00 bits per heavy atom. The Balaban J connectivity index is 1.58. The van der Waals surface area contributed by atoms with Gasteiger partial charge in [-0.05, 0) is 80.8 Å². The first-order valence-electron chi connectivity index (χ1n) is 17.6. The minimum atomic E-state index is -1.54. The van der Waals surface area contributed by atoms with Gasteiger partial charge in [-0.2, -0.15) is 0 Å². The van der Waals surface area contributed by atoms with E-state index in [1.54, 1.807) is 46.1 Å². The average molecular weight is 704 g/mol. The van der Waals surface area contributed by atoms with E-state index in [2.05, 4.69) is 17.2 Å². The molecule has 0 spiro atoms. The summed E-state index contributed by atoms with van der Waals surface area (Å²) < 4.78 is 16.8. The second kappa shape index (κ2) is 16.0. The van der Waals surface area contributed by atoms with E-state index in [1.807, 2.05) is 12.1 Å². The average Bonchev–Trinajstić information content (AvgIpc) is 3.10. The van der Waals surface area contributed by atoms with E-state index in [4.69, 9.17) is 14.2 Å². The number of phenolic OH excluding ortho intramolecular Hbond substituents is 1. The van der Waals surface area contributed by atoms with Gasteiger partial charge >= 0.3 is 11.9 Å². The maximum Gasteiger partial charge on any atom is 0.334 e. The van der Waals surface area contributed by atoms with Gasteiger partial charge in [-0.25, -0.2) is 4.79 Å². The molecule has 2 bridgehead atoms. The van der Waals surface area contributed by atoms with Crippen molar-refractivity contribution in [2.24, 2.45) is 5.92 Å². The maximum absolute atomic E-state index is 14.0. The lowest BCUT2D eigenvalue weighted by molar-refractivity contribution is -0.169. The van der Waals surface area contributed by atoms with Crippen LogP contribution in [0.15, 0.2) is 42.0 Å². The number of ether oxygens (including phenoxy) is 3. The van der Waals surface area contributed by atoms with Crippen molar-refractivity contribution in [3.8, 4) is 23.3 Å². The number of aromatic hydroxyl groups is 1. The molecule has 5 rings (SSSR count). The fourth-order valence-electron chi connectivity index (χ4n) is 7.09. The number of benzene rings is 2. The van der Waals surface area contributed by atoms with Crippen LogP contribution >= 0.6 is 0 Å². The second-order valence-electron chi connectivity index (χ2n) is 14.5. The third-order valence-corrected chi connectivity index (χ3v) is 10.4. The fraction of sp³-hybridized carbons (Fsp3) is 0.525. The Kier molecular flexibility index (Phi) is 11.9. The summed E-state index contributed by atoms with van der Waals surface area (Å²) in [6.07, 6.45) is 2.56. The summed E-state index contributed by atoms with van der Waals surface area (Å²) in [7, 11) is 1.57. The summed E-state index contributed by atoms with van der Waals surface area (Å²) in [6, 6.07) is 8.51. The molecule has 51 heavy (non-hydrogen) atoms. The third-order valence-electron chi connectivity index (χ3n) is 10.4. The van der Waals surface area contributed by atoms with E-state index in [0.29, 0.717) is 72.2 Å². The van der Waals surface area contributed by atoms with E-state index in [1.165, 1.54) is 6.07 Å². The molecule has 0 radical (unpaired) electrons. The number of aliphatic hydroxyl groups excluding tert-OH is 1. The lowest BCUT2D eigenvalue weighted by Gasteiger charge is -2.40. The molecule has 0 aromatic heterocycles. The summed E-state index contributed by atoms with van der Waals surface area (Å²) in [5, 5.41) is 47.4. The van der Waals surface area contributed by atoms with Gasteiger partial charge in [-0.3, -0.25) is 9.59 Å². The minimum Gasteiger partial charge on any atom is -0.508 e. The maximum atomic E-state index is 14.0. The van der Waals surface area contributed by atoms with Crippen LogP contribution in [0.4, 0.5) is 5.69 Å². The first-order valence-corrected chi connectivity index (χ1v) is 17.6. The number of cyclic esters (lactones) is 1. The normalized spacial score (nSPS) is 24.4. The smallest absolute Gasteiger partial charge is 0.334 e. The highest BCUT2D eigenvalue weighted by molar-refractivity contribution is 5.89. The monoisotopic (exact) mass is 703 g/mol. The van der Waals surface area contributed by atoms with E-state index in [9.17, 15) is 34.8 Å². The highest BCUT2D eigenvalue weighted by Gasteiger charge is 2.44. The number of anilines is 1. The van der Waals surface area contributed by atoms with Crippen molar-refractivity contribution < 1.29 is 49.0 Å². The molecular weight excluding hydrogens is 654 g/mol. The summed E-state index contributed by atoms with van der Waals surface area (Å²) in [4.78, 5) is 38.8. The summed E-state index contributed by atoms with van der Waals surface area (Å²) in [6.45, 7) is 5.37. The number of esters is 2. The predicted octanol–water partition coefficient (Wildman–Crippen LogP) is 4.58. The lowest BCUT2D eigenvalue weighted by atomic mass is 9.73. The molecule has 5 N–H and O–H groups in total. The topological polar surface area (TPSA) is 172 Å². The van der Waals surface area contributed by atoms with E-state index >= 15 is 0 Å². The summed E-state index contributed by atoms with van der Waals surface area (Å²) >= 11 is 0. The van der Waals surface area contributed by atoms with Crippen molar-refractivity contribution >= 4 is 23.4 Å². The number of phenols is 1. The number of allylic oxidation sites excluding steroid dienone is 1. The first kappa shape index (κ1) is 38.0. The number of hydrogen-bond donors (Lipinski definition) is 5. The molecule has 5 atom stereocenters. The SMILES string of the molecule is CC=C1CC(c2cc(CO)cc(NCC(C)(O)CCOC)c2)C#CC2CC(=O)Oc3cc(O)c(cc32)CC(C(C)(O)C2CCC(=O)CC2)OC1=O. The van der Waals surface area contributed by atoms with Crippen molar-refractivity contribution in [3.63, 3.8) is 0 Å². The zero-order valence-electron chi connectivity index (χ0n) is 29.8. The number of aliphatic hydroxyl groups is 3. The van der Waals surface area contributed by atoms with Crippen LogP contribution in [0.5, 0.6) is 11.5 Å². The Labute approximate surface area is 299 Å². The van der Waals surface area contributed by atoms with Gasteiger partial charge in [0.15, 0.2) is 0 Å². The highest BCUT2D eigenvalue weighted by Crippen LogP contribution is 2.42. The molecule has 2 aromatic carbocycles.